The monoisotopic (exact) mass is 431 g/mol. The minimum atomic E-state index is -0.490. The number of anilines is 1. The summed E-state index contributed by atoms with van der Waals surface area (Å²) in [7, 11) is 2.96. The number of hydrogen-bond donors (Lipinski definition) is 0. The number of carbonyl (C=O) groups excluding carboxylic acids is 1. The first kappa shape index (κ1) is 19.8. The maximum Gasteiger partial charge on any atom is 0.332 e. The molecule has 0 spiro atoms. The van der Waals surface area contributed by atoms with Gasteiger partial charge in [-0.1, -0.05) is 42.5 Å². The molecule has 162 valence electrons. The fourth-order valence-electron chi connectivity index (χ4n) is 4.16. The maximum absolute atomic E-state index is 13.6. The Kier molecular flexibility index (Phi) is 4.66. The number of carbonyl (C=O) groups is 1. The molecule has 0 aliphatic carbocycles. The van der Waals surface area contributed by atoms with Gasteiger partial charge in [0.05, 0.1) is 18.1 Å². The largest absolute Gasteiger partial charge is 0.489 e. The van der Waals surface area contributed by atoms with Gasteiger partial charge in [-0.05, 0) is 17.7 Å². The zero-order valence-corrected chi connectivity index (χ0v) is 17.6. The van der Waals surface area contributed by atoms with Gasteiger partial charge in [-0.2, -0.15) is 0 Å². The second-order valence-electron chi connectivity index (χ2n) is 7.72. The van der Waals surface area contributed by atoms with Crippen LogP contribution >= 0.6 is 0 Å². The number of rotatable bonds is 3. The van der Waals surface area contributed by atoms with Crippen LogP contribution in [-0.4, -0.2) is 31.2 Å². The molecule has 4 aromatic rings. The first-order chi connectivity index (χ1) is 15.5. The van der Waals surface area contributed by atoms with Crippen molar-refractivity contribution in [3.63, 3.8) is 0 Å². The predicted molar refractivity (Wildman–Crippen MR) is 119 cm³/mol. The molecule has 0 N–H and O–H groups in total. The van der Waals surface area contributed by atoms with Gasteiger partial charge in [0.1, 0.15) is 18.9 Å². The lowest BCUT2D eigenvalue weighted by atomic mass is 10.0. The summed E-state index contributed by atoms with van der Waals surface area (Å²) in [5.74, 6) is 0.409. The van der Waals surface area contributed by atoms with Crippen molar-refractivity contribution in [3.8, 4) is 5.75 Å². The van der Waals surface area contributed by atoms with E-state index in [1.165, 1.54) is 22.5 Å². The minimum absolute atomic E-state index is 0.110. The molecular formula is C23H21N5O4. The third-order valence-electron chi connectivity index (χ3n) is 5.81. The van der Waals surface area contributed by atoms with Gasteiger partial charge in [0, 0.05) is 14.1 Å². The number of fused-ring (bicyclic) bond motifs is 2. The summed E-state index contributed by atoms with van der Waals surface area (Å²) < 4.78 is 9.75. The summed E-state index contributed by atoms with van der Waals surface area (Å²) in [5, 5.41) is 0. The van der Waals surface area contributed by atoms with E-state index in [2.05, 4.69) is 4.98 Å². The van der Waals surface area contributed by atoms with Crippen LogP contribution in [0.3, 0.4) is 0 Å². The Balaban J connectivity index is 1.60. The number of amides is 1. The zero-order valence-electron chi connectivity index (χ0n) is 17.6. The number of aryl methyl sites for hydroxylation is 1. The number of ether oxygens (including phenoxy) is 1. The van der Waals surface area contributed by atoms with Crippen LogP contribution in [0.1, 0.15) is 11.6 Å². The molecule has 0 radical (unpaired) electrons. The first-order valence-corrected chi connectivity index (χ1v) is 10.2. The van der Waals surface area contributed by atoms with E-state index >= 15 is 0 Å². The smallest absolute Gasteiger partial charge is 0.332 e. The lowest BCUT2D eigenvalue weighted by Gasteiger charge is -2.37. The third-order valence-corrected chi connectivity index (χ3v) is 5.81. The second kappa shape index (κ2) is 7.52. The third kappa shape index (κ3) is 3.01. The van der Waals surface area contributed by atoms with Gasteiger partial charge in [-0.3, -0.25) is 23.6 Å². The number of para-hydroxylation sites is 2. The van der Waals surface area contributed by atoms with E-state index in [-0.39, 0.29) is 29.7 Å². The topological polar surface area (TPSA) is 91.4 Å². The van der Waals surface area contributed by atoms with E-state index in [9.17, 15) is 14.4 Å². The molecule has 0 saturated carbocycles. The van der Waals surface area contributed by atoms with Crippen molar-refractivity contribution in [2.24, 2.45) is 14.1 Å². The molecule has 2 aromatic carbocycles. The van der Waals surface area contributed by atoms with Gasteiger partial charge in [-0.25, -0.2) is 9.78 Å². The first-order valence-electron chi connectivity index (χ1n) is 10.2. The lowest BCUT2D eigenvalue weighted by Crippen LogP contribution is -2.43. The molecule has 0 fully saturated rings. The highest BCUT2D eigenvalue weighted by Gasteiger charge is 2.33. The Morgan fingerprint density at radius 2 is 1.75 bits per heavy atom. The molecule has 1 atom stereocenters. The van der Waals surface area contributed by atoms with E-state index in [0.717, 1.165) is 10.1 Å². The highest BCUT2D eigenvalue weighted by atomic mass is 16.5. The minimum Gasteiger partial charge on any atom is -0.489 e. The molecule has 1 unspecified atom stereocenters. The van der Waals surface area contributed by atoms with Crippen LogP contribution < -0.4 is 20.9 Å². The summed E-state index contributed by atoms with van der Waals surface area (Å²) in [6.07, 6.45) is 1.42. The molecule has 9 nitrogen and oxygen atoms in total. The predicted octanol–water partition coefficient (Wildman–Crippen LogP) is 1.60. The highest BCUT2D eigenvalue weighted by Crippen LogP contribution is 2.39. The van der Waals surface area contributed by atoms with Crippen molar-refractivity contribution in [2.75, 3.05) is 11.5 Å². The average molecular weight is 431 g/mol. The van der Waals surface area contributed by atoms with Crippen molar-refractivity contribution in [2.45, 2.75) is 12.6 Å². The Morgan fingerprint density at radius 1 is 1.03 bits per heavy atom. The van der Waals surface area contributed by atoms with Crippen LogP contribution in [0, 0.1) is 0 Å². The maximum atomic E-state index is 13.6. The summed E-state index contributed by atoms with van der Waals surface area (Å²) >= 11 is 0. The van der Waals surface area contributed by atoms with Crippen LogP contribution in [0.15, 0.2) is 70.5 Å². The Hall–Kier alpha value is -4.14. The molecule has 1 aliphatic heterocycles. The van der Waals surface area contributed by atoms with E-state index in [1.807, 2.05) is 54.6 Å². The Morgan fingerprint density at radius 3 is 2.53 bits per heavy atom. The summed E-state index contributed by atoms with van der Waals surface area (Å²) in [5.41, 5.74) is 1.11. The summed E-state index contributed by atoms with van der Waals surface area (Å²) in [6, 6.07) is 16.8. The van der Waals surface area contributed by atoms with Crippen molar-refractivity contribution in [1.82, 2.24) is 18.7 Å². The van der Waals surface area contributed by atoms with E-state index in [1.54, 1.807) is 11.9 Å². The SMILES string of the molecule is Cn1c(=O)c2c(ncn2CC(=O)N2c3ccccc3OCC2c2ccccc2)n(C)c1=O. The summed E-state index contributed by atoms with van der Waals surface area (Å²) in [4.78, 5) is 44.6. The second-order valence-corrected chi connectivity index (χ2v) is 7.72. The van der Waals surface area contributed by atoms with E-state index < -0.39 is 11.2 Å². The van der Waals surface area contributed by atoms with Crippen LogP contribution in [0.25, 0.3) is 11.2 Å². The quantitative estimate of drug-likeness (QED) is 0.491. The molecule has 3 heterocycles. The van der Waals surface area contributed by atoms with Gasteiger partial charge in [0.15, 0.2) is 11.2 Å². The average Bonchev–Trinajstić information content (AvgIpc) is 3.24. The molecule has 9 heteroatoms. The molecule has 2 aromatic heterocycles. The van der Waals surface area contributed by atoms with Crippen molar-refractivity contribution < 1.29 is 9.53 Å². The van der Waals surface area contributed by atoms with E-state index in [0.29, 0.717) is 18.0 Å². The standard InChI is InChI=1S/C23H21N5O4/c1-25-21-20(22(30)26(2)23(25)31)27(14-24-21)12-19(29)28-16-10-6-7-11-18(16)32-13-17(28)15-8-4-3-5-9-15/h3-11,14,17H,12-13H2,1-2H3. The fourth-order valence-corrected chi connectivity index (χ4v) is 4.16. The van der Waals surface area contributed by atoms with Gasteiger partial charge >= 0.3 is 5.69 Å². The highest BCUT2D eigenvalue weighted by molar-refractivity contribution is 5.96. The van der Waals surface area contributed by atoms with Gasteiger partial charge in [0.2, 0.25) is 5.91 Å². The normalized spacial score (nSPS) is 15.4. The number of aromatic nitrogens is 4. The van der Waals surface area contributed by atoms with Gasteiger partial charge in [-0.15, -0.1) is 0 Å². The van der Waals surface area contributed by atoms with Crippen LogP contribution in [-0.2, 0) is 25.4 Å². The van der Waals surface area contributed by atoms with Crippen LogP contribution in [0.2, 0.25) is 0 Å². The molecule has 5 rings (SSSR count). The fraction of sp³-hybridized carbons (Fsp3) is 0.217. The number of hydrogen-bond acceptors (Lipinski definition) is 5. The number of imidazole rings is 1. The zero-order chi connectivity index (χ0) is 22.4. The Labute approximate surface area is 182 Å². The molecule has 32 heavy (non-hydrogen) atoms. The molecule has 0 bridgehead atoms. The number of nitrogens with zero attached hydrogens (tertiary/aromatic N) is 5. The Bertz CT molecular complexity index is 1450. The van der Waals surface area contributed by atoms with Crippen LogP contribution in [0.5, 0.6) is 5.75 Å². The molecule has 1 aliphatic rings. The van der Waals surface area contributed by atoms with Gasteiger partial charge < -0.3 is 9.30 Å². The van der Waals surface area contributed by atoms with Crippen molar-refractivity contribution >= 4 is 22.8 Å². The van der Waals surface area contributed by atoms with Crippen LogP contribution in [0.4, 0.5) is 5.69 Å². The van der Waals surface area contributed by atoms with Gasteiger partial charge in [0.25, 0.3) is 5.56 Å². The van der Waals surface area contributed by atoms with E-state index in [4.69, 9.17) is 4.74 Å². The summed E-state index contributed by atoms with van der Waals surface area (Å²) in [6.45, 7) is 0.204. The molecule has 1 amide bonds. The molecular weight excluding hydrogens is 410 g/mol. The lowest BCUT2D eigenvalue weighted by molar-refractivity contribution is -0.120. The molecule has 0 saturated heterocycles. The van der Waals surface area contributed by atoms with Crippen molar-refractivity contribution in [1.29, 1.82) is 0 Å². The van der Waals surface area contributed by atoms with Crippen molar-refractivity contribution in [3.05, 3.63) is 87.3 Å². The number of benzene rings is 2.